The summed E-state index contributed by atoms with van der Waals surface area (Å²) in [6.07, 6.45) is 3.07. The van der Waals surface area contributed by atoms with E-state index >= 15 is 0 Å². The Hall–Kier alpha value is -2.14. The molecule has 0 aromatic heterocycles. The highest BCUT2D eigenvalue weighted by Gasteiger charge is 2.14. The van der Waals surface area contributed by atoms with Gasteiger partial charge in [-0.1, -0.05) is 48.9 Å². The number of hydrogen-bond acceptors (Lipinski definition) is 3. The standard InChI is InChI=1S/C20H25NO3S/c1-4-19(17-10-12-18(13-11-17)25(3,23)24)21-20(22)14-9-16-7-5-15(2)6-8-16/h5-8,10-13,19H,4,9,14H2,1-3H3,(H,21,22)/t19-/m0/s1. The van der Waals surface area contributed by atoms with Crippen LogP contribution in [0.3, 0.4) is 0 Å². The van der Waals surface area contributed by atoms with E-state index in [0.29, 0.717) is 12.8 Å². The third-order valence-corrected chi connectivity index (χ3v) is 5.34. The molecular formula is C20H25NO3S. The smallest absolute Gasteiger partial charge is 0.220 e. The van der Waals surface area contributed by atoms with Gasteiger partial charge in [0.15, 0.2) is 9.84 Å². The first-order valence-corrected chi connectivity index (χ1v) is 10.3. The predicted molar refractivity (Wildman–Crippen MR) is 100 cm³/mol. The molecule has 1 N–H and O–H groups in total. The second-order valence-corrected chi connectivity index (χ2v) is 8.37. The monoisotopic (exact) mass is 359 g/mol. The second kappa shape index (κ2) is 8.30. The molecule has 0 fully saturated rings. The Morgan fingerprint density at radius 2 is 1.64 bits per heavy atom. The minimum absolute atomic E-state index is 0.000357. The maximum Gasteiger partial charge on any atom is 0.220 e. The van der Waals surface area contributed by atoms with Crippen molar-refractivity contribution >= 4 is 15.7 Å². The van der Waals surface area contributed by atoms with Crippen molar-refractivity contribution in [3.63, 3.8) is 0 Å². The molecule has 0 aliphatic rings. The van der Waals surface area contributed by atoms with E-state index < -0.39 is 9.84 Å². The van der Waals surface area contributed by atoms with Crippen LogP contribution in [0.4, 0.5) is 0 Å². The van der Waals surface area contributed by atoms with E-state index in [1.807, 2.05) is 38.1 Å². The third-order valence-electron chi connectivity index (χ3n) is 4.22. The molecule has 0 aliphatic carbocycles. The van der Waals surface area contributed by atoms with Gasteiger partial charge in [0.25, 0.3) is 0 Å². The first-order chi connectivity index (χ1) is 11.8. The fourth-order valence-corrected chi connectivity index (χ4v) is 3.28. The van der Waals surface area contributed by atoms with Gasteiger partial charge in [0, 0.05) is 12.7 Å². The summed E-state index contributed by atoms with van der Waals surface area (Å²) < 4.78 is 23.1. The SMILES string of the molecule is CC[C@H](NC(=O)CCc1ccc(C)cc1)c1ccc(S(C)(=O)=O)cc1. The highest BCUT2D eigenvalue weighted by Crippen LogP contribution is 2.19. The fourth-order valence-electron chi connectivity index (χ4n) is 2.65. The van der Waals surface area contributed by atoms with Gasteiger partial charge in [-0.2, -0.15) is 0 Å². The number of rotatable bonds is 7. The summed E-state index contributed by atoms with van der Waals surface area (Å²) in [6, 6.07) is 14.8. The van der Waals surface area contributed by atoms with Gasteiger partial charge in [0.05, 0.1) is 10.9 Å². The van der Waals surface area contributed by atoms with E-state index in [2.05, 4.69) is 5.32 Å². The minimum Gasteiger partial charge on any atom is -0.349 e. The molecule has 134 valence electrons. The molecule has 5 heteroatoms. The molecule has 0 spiro atoms. The zero-order chi connectivity index (χ0) is 18.4. The molecule has 4 nitrogen and oxygen atoms in total. The third kappa shape index (κ3) is 5.71. The fraction of sp³-hybridized carbons (Fsp3) is 0.350. The van der Waals surface area contributed by atoms with E-state index in [1.165, 1.54) is 11.8 Å². The molecule has 1 atom stereocenters. The zero-order valence-corrected chi connectivity index (χ0v) is 15.8. The molecule has 1 amide bonds. The molecule has 2 aromatic rings. The van der Waals surface area contributed by atoms with Gasteiger partial charge < -0.3 is 5.32 Å². The van der Waals surface area contributed by atoms with Gasteiger partial charge in [0.2, 0.25) is 5.91 Å². The first kappa shape index (κ1) is 19.2. The van der Waals surface area contributed by atoms with Crippen molar-refractivity contribution in [1.82, 2.24) is 5.32 Å². The number of hydrogen-bond donors (Lipinski definition) is 1. The molecule has 2 rings (SSSR count). The molecule has 25 heavy (non-hydrogen) atoms. The van der Waals surface area contributed by atoms with Crippen molar-refractivity contribution in [2.45, 2.75) is 44.0 Å². The molecular weight excluding hydrogens is 334 g/mol. The molecule has 0 saturated heterocycles. The van der Waals surface area contributed by atoms with E-state index in [9.17, 15) is 13.2 Å². The molecule has 0 aliphatic heterocycles. The van der Waals surface area contributed by atoms with Crippen LogP contribution >= 0.6 is 0 Å². The Balaban J connectivity index is 1.96. The lowest BCUT2D eigenvalue weighted by Gasteiger charge is -2.18. The molecule has 0 saturated carbocycles. The Bertz CT molecular complexity index is 809. The van der Waals surface area contributed by atoms with Crippen molar-refractivity contribution in [2.24, 2.45) is 0 Å². The molecule has 2 aromatic carbocycles. The van der Waals surface area contributed by atoms with Gasteiger partial charge >= 0.3 is 0 Å². The maximum atomic E-state index is 12.2. The predicted octanol–water partition coefficient (Wildman–Crippen LogP) is 3.60. The Morgan fingerprint density at radius 3 is 2.16 bits per heavy atom. The van der Waals surface area contributed by atoms with Crippen molar-refractivity contribution in [3.8, 4) is 0 Å². The van der Waals surface area contributed by atoms with Crippen LogP contribution in [-0.2, 0) is 21.1 Å². The number of amides is 1. The number of carbonyl (C=O) groups is 1. The van der Waals surface area contributed by atoms with Crippen LogP contribution in [-0.4, -0.2) is 20.6 Å². The second-order valence-electron chi connectivity index (χ2n) is 6.36. The average Bonchev–Trinajstić information content (AvgIpc) is 2.58. The number of nitrogens with one attached hydrogen (secondary N) is 1. The molecule has 0 bridgehead atoms. The minimum atomic E-state index is -3.20. The zero-order valence-electron chi connectivity index (χ0n) is 15.0. The number of carbonyl (C=O) groups excluding carboxylic acids is 1. The average molecular weight is 359 g/mol. The topological polar surface area (TPSA) is 63.2 Å². The number of sulfone groups is 1. The quantitative estimate of drug-likeness (QED) is 0.821. The van der Waals surface area contributed by atoms with E-state index in [0.717, 1.165) is 17.5 Å². The highest BCUT2D eigenvalue weighted by molar-refractivity contribution is 7.90. The van der Waals surface area contributed by atoms with Crippen LogP contribution in [0.1, 0.15) is 42.5 Å². The Labute approximate surface area is 150 Å². The molecule has 0 heterocycles. The van der Waals surface area contributed by atoms with Crippen LogP contribution < -0.4 is 5.32 Å². The number of benzene rings is 2. The van der Waals surface area contributed by atoms with Crippen LogP contribution in [0.5, 0.6) is 0 Å². The maximum absolute atomic E-state index is 12.2. The summed E-state index contributed by atoms with van der Waals surface area (Å²) in [5.41, 5.74) is 3.27. The van der Waals surface area contributed by atoms with Crippen LogP contribution in [0.2, 0.25) is 0 Å². The van der Waals surface area contributed by atoms with Crippen LogP contribution in [0.25, 0.3) is 0 Å². The Morgan fingerprint density at radius 1 is 1.04 bits per heavy atom. The lowest BCUT2D eigenvalue weighted by Crippen LogP contribution is -2.28. The summed E-state index contributed by atoms with van der Waals surface area (Å²) in [4.78, 5) is 12.5. The largest absolute Gasteiger partial charge is 0.349 e. The highest BCUT2D eigenvalue weighted by atomic mass is 32.2. The number of aryl methyl sites for hydroxylation is 2. The lowest BCUT2D eigenvalue weighted by atomic mass is 10.0. The van der Waals surface area contributed by atoms with Crippen molar-refractivity contribution in [1.29, 1.82) is 0 Å². The van der Waals surface area contributed by atoms with Gasteiger partial charge in [-0.15, -0.1) is 0 Å². The van der Waals surface area contributed by atoms with Crippen molar-refractivity contribution < 1.29 is 13.2 Å². The summed E-state index contributed by atoms with van der Waals surface area (Å²) >= 11 is 0. The summed E-state index contributed by atoms with van der Waals surface area (Å²) in [5, 5.41) is 3.03. The van der Waals surface area contributed by atoms with Gasteiger partial charge in [-0.25, -0.2) is 8.42 Å². The summed E-state index contributed by atoms with van der Waals surface area (Å²) in [6.45, 7) is 4.03. The Kier molecular flexibility index (Phi) is 6.37. The van der Waals surface area contributed by atoms with Crippen LogP contribution in [0.15, 0.2) is 53.4 Å². The normalized spacial score (nSPS) is 12.6. The molecule has 0 radical (unpaired) electrons. The van der Waals surface area contributed by atoms with Gasteiger partial charge in [-0.05, 0) is 43.0 Å². The molecule has 0 unspecified atom stereocenters. The van der Waals surface area contributed by atoms with Gasteiger partial charge in [0.1, 0.15) is 0 Å². The van der Waals surface area contributed by atoms with Crippen molar-refractivity contribution in [3.05, 3.63) is 65.2 Å². The lowest BCUT2D eigenvalue weighted by molar-refractivity contribution is -0.121. The van der Waals surface area contributed by atoms with E-state index in [1.54, 1.807) is 24.3 Å². The van der Waals surface area contributed by atoms with Crippen LogP contribution in [0, 0.1) is 6.92 Å². The summed E-state index contributed by atoms with van der Waals surface area (Å²) in [5.74, 6) is -0.000357. The van der Waals surface area contributed by atoms with Gasteiger partial charge in [-0.3, -0.25) is 4.79 Å². The first-order valence-electron chi connectivity index (χ1n) is 8.44. The van der Waals surface area contributed by atoms with E-state index in [4.69, 9.17) is 0 Å². The van der Waals surface area contributed by atoms with E-state index in [-0.39, 0.29) is 16.8 Å². The summed E-state index contributed by atoms with van der Waals surface area (Å²) in [7, 11) is -3.20. The van der Waals surface area contributed by atoms with Crippen molar-refractivity contribution in [2.75, 3.05) is 6.26 Å².